The predicted molar refractivity (Wildman–Crippen MR) is 102 cm³/mol. The average Bonchev–Trinajstić information content (AvgIpc) is 3.34. The van der Waals surface area contributed by atoms with Crippen molar-refractivity contribution in [3.05, 3.63) is 42.2 Å². The van der Waals surface area contributed by atoms with E-state index < -0.39 is 10.0 Å². The Morgan fingerprint density at radius 2 is 1.85 bits per heavy atom. The van der Waals surface area contributed by atoms with Crippen LogP contribution < -0.4 is 14.2 Å². The fourth-order valence-electron chi connectivity index (χ4n) is 3.76. The normalized spacial score (nSPS) is 18.6. The van der Waals surface area contributed by atoms with E-state index in [4.69, 9.17) is 9.47 Å². The summed E-state index contributed by atoms with van der Waals surface area (Å²) in [7, 11) is -1.65. The molecule has 1 saturated heterocycles. The minimum absolute atomic E-state index is 0.0134. The van der Waals surface area contributed by atoms with Gasteiger partial charge in [0.1, 0.15) is 13.2 Å². The molecule has 0 saturated carbocycles. The fraction of sp³-hybridized carbons (Fsp3) is 0.474. The highest BCUT2D eigenvalue weighted by Crippen LogP contribution is 2.32. The van der Waals surface area contributed by atoms with E-state index in [2.05, 4.69) is 20.3 Å². The largest absolute Gasteiger partial charge is 0.486 e. The molecule has 1 atom stereocenters. The SMILES string of the molecule is Cn1cccc1C(CNS(=O)(=O)c1ccc2c(c1)OCCO2)N1CCCC1. The lowest BCUT2D eigenvalue weighted by Crippen LogP contribution is -2.37. The highest BCUT2D eigenvalue weighted by atomic mass is 32.2. The first kappa shape index (κ1) is 18.3. The van der Waals surface area contributed by atoms with Gasteiger partial charge in [0.15, 0.2) is 11.5 Å². The van der Waals surface area contributed by atoms with E-state index in [1.807, 2.05) is 19.3 Å². The fourth-order valence-corrected chi connectivity index (χ4v) is 4.81. The van der Waals surface area contributed by atoms with Gasteiger partial charge in [0, 0.05) is 31.5 Å². The Morgan fingerprint density at radius 1 is 1.11 bits per heavy atom. The van der Waals surface area contributed by atoms with E-state index in [-0.39, 0.29) is 10.9 Å². The minimum Gasteiger partial charge on any atom is -0.486 e. The smallest absolute Gasteiger partial charge is 0.240 e. The summed E-state index contributed by atoms with van der Waals surface area (Å²) in [5.41, 5.74) is 1.11. The Labute approximate surface area is 159 Å². The van der Waals surface area contributed by atoms with Crippen LogP contribution in [0.4, 0.5) is 0 Å². The lowest BCUT2D eigenvalue weighted by Gasteiger charge is -2.28. The molecular weight excluding hydrogens is 366 g/mol. The minimum atomic E-state index is -3.64. The summed E-state index contributed by atoms with van der Waals surface area (Å²) in [6.45, 7) is 3.21. The monoisotopic (exact) mass is 391 g/mol. The van der Waals surface area contributed by atoms with Crippen LogP contribution in [-0.2, 0) is 17.1 Å². The molecule has 3 heterocycles. The van der Waals surface area contributed by atoms with Crippen molar-refractivity contribution in [2.45, 2.75) is 23.8 Å². The van der Waals surface area contributed by atoms with E-state index in [0.717, 1.165) is 31.6 Å². The standard InChI is InChI=1S/C19H25N3O4S/c1-21-8-4-5-16(21)17(22-9-2-3-10-22)14-20-27(23,24)15-6-7-18-19(13-15)26-12-11-25-18/h4-8,13,17,20H,2-3,9-12,14H2,1H3. The highest BCUT2D eigenvalue weighted by molar-refractivity contribution is 7.89. The van der Waals surface area contributed by atoms with Crippen molar-refractivity contribution in [1.29, 1.82) is 0 Å². The lowest BCUT2D eigenvalue weighted by atomic mass is 10.2. The van der Waals surface area contributed by atoms with Gasteiger partial charge in [-0.2, -0.15) is 0 Å². The van der Waals surface area contributed by atoms with Crippen molar-refractivity contribution in [1.82, 2.24) is 14.2 Å². The summed E-state index contributed by atoms with van der Waals surface area (Å²) in [6, 6.07) is 8.81. The van der Waals surface area contributed by atoms with Crippen molar-refractivity contribution in [2.75, 3.05) is 32.8 Å². The zero-order valence-corrected chi connectivity index (χ0v) is 16.2. The molecule has 2 aliphatic rings. The molecule has 2 aromatic rings. The Morgan fingerprint density at radius 3 is 2.56 bits per heavy atom. The van der Waals surface area contributed by atoms with E-state index in [9.17, 15) is 8.42 Å². The van der Waals surface area contributed by atoms with Crippen LogP contribution in [0.2, 0.25) is 0 Å². The number of aromatic nitrogens is 1. The van der Waals surface area contributed by atoms with Gasteiger partial charge in [0.05, 0.1) is 10.9 Å². The van der Waals surface area contributed by atoms with Crippen molar-refractivity contribution in [3.63, 3.8) is 0 Å². The third kappa shape index (κ3) is 3.83. The number of fused-ring (bicyclic) bond motifs is 1. The molecule has 0 amide bonds. The van der Waals surface area contributed by atoms with Crippen molar-refractivity contribution in [2.24, 2.45) is 7.05 Å². The molecule has 1 N–H and O–H groups in total. The van der Waals surface area contributed by atoms with Crippen LogP contribution in [0.3, 0.4) is 0 Å². The quantitative estimate of drug-likeness (QED) is 0.814. The Hall–Kier alpha value is -2.03. The molecule has 8 heteroatoms. The Bertz CT molecular complexity index is 903. The van der Waals surface area contributed by atoms with Crippen molar-refractivity contribution >= 4 is 10.0 Å². The summed E-state index contributed by atoms with van der Waals surface area (Å²) in [6.07, 6.45) is 4.29. The van der Waals surface area contributed by atoms with E-state index >= 15 is 0 Å². The first-order valence-electron chi connectivity index (χ1n) is 9.29. The molecule has 1 aromatic carbocycles. The third-order valence-corrected chi connectivity index (χ3v) is 6.62. The third-order valence-electron chi connectivity index (χ3n) is 5.20. The molecule has 1 unspecified atom stereocenters. The van der Waals surface area contributed by atoms with Gasteiger partial charge in [-0.05, 0) is 50.2 Å². The number of aryl methyl sites for hydroxylation is 1. The van der Waals surface area contributed by atoms with Gasteiger partial charge in [-0.3, -0.25) is 4.90 Å². The second-order valence-electron chi connectivity index (χ2n) is 6.96. The summed E-state index contributed by atoms with van der Waals surface area (Å²) in [4.78, 5) is 2.54. The average molecular weight is 391 g/mol. The maximum atomic E-state index is 12.9. The number of nitrogens with zero attached hydrogens (tertiary/aromatic N) is 2. The second-order valence-corrected chi connectivity index (χ2v) is 8.73. The number of sulfonamides is 1. The maximum Gasteiger partial charge on any atom is 0.240 e. The highest BCUT2D eigenvalue weighted by Gasteiger charge is 2.27. The summed E-state index contributed by atoms with van der Waals surface area (Å²) < 4.78 is 41.6. The van der Waals surface area contributed by atoms with Crippen LogP contribution in [0.1, 0.15) is 24.6 Å². The molecule has 1 fully saturated rings. The van der Waals surface area contributed by atoms with Gasteiger partial charge in [-0.1, -0.05) is 0 Å². The van der Waals surface area contributed by atoms with Crippen LogP contribution in [0.5, 0.6) is 11.5 Å². The van der Waals surface area contributed by atoms with Gasteiger partial charge in [0.2, 0.25) is 10.0 Å². The zero-order chi connectivity index (χ0) is 18.9. The number of hydrogen-bond acceptors (Lipinski definition) is 5. The summed E-state index contributed by atoms with van der Waals surface area (Å²) in [5.74, 6) is 1.06. The molecule has 1 aromatic heterocycles. The lowest BCUT2D eigenvalue weighted by molar-refractivity contribution is 0.171. The number of likely N-dealkylation sites (tertiary alicyclic amines) is 1. The van der Waals surface area contributed by atoms with Crippen molar-refractivity contribution in [3.8, 4) is 11.5 Å². The van der Waals surface area contributed by atoms with Crippen molar-refractivity contribution < 1.29 is 17.9 Å². The molecule has 0 spiro atoms. The van der Waals surface area contributed by atoms with Gasteiger partial charge in [-0.25, -0.2) is 13.1 Å². The van der Waals surface area contributed by atoms with Crippen LogP contribution in [0.25, 0.3) is 0 Å². The van der Waals surface area contributed by atoms with Gasteiger partial charge in [0.25, 0.3) is 0 Å². The Balaban J connectivity index is 1.53. The summed E-state index contributed by atoms with van der Waals surface area (Å²) >= 11 is 0. The van der Waals surface area contributed by atoms with Gasteiger partial charge >= 0.3 is 0 Å². The van der Waals surface area contributed by atoms with Gasteiger partial charge < -0.3 is 14.0 Å². The predicted octanol–water partition coefficient (Wildman–Crippen LogP) is 1.91. The molecule has 0 bridgehead atoms. The first-order valence-corrected chi connectivity index (χ1v) is 10.8. The molecule has 0 aliphatic carbocycles. The molecule has 27 heavy (non-hydrogen) atoms. The number of nitrogens with one attached hydrogen (secondary N) is 1. The molecule has 2 aliphatic heterocycles. The van der Waals surface area contributed by atoms with Crippen LogP contribution >= 0.6 is 0 Å². The van der Waals surface area contributed by atoms with Crippen LogP contribution in [0.15, 0.2) is 41.4 Å². The second kappa shape index (κ2) is 7.53. The Kier molecular flexibility index (Phi) is 5.12. The van der Waals surface area contributed by atoms with Crippen LogP contribution in [0, 0.1) is 0 Å². The number of ether oxygens (including phenoxy) is 2. The van der Waals surface area contributed by atoms with Crippen LogP contribution in [-0.4, -0.2) is 50.7 Å². The molecular formula is C19H25N3O4S. The zero-order valence-electron chi connectivity index (χ0n) is 15.4. The van der Waals surface area contributed by atoms with E-state index in [1.54, 1.807) is 12.1 Å². The molecule has 4 rings (SSSR count). The number of hydrogen-bond donors (Lipinski definition) is 1. The topological polar surface area (TPSA) is 72.8 Å². The van der Waals surface area contributed by atoms with E-state index in [1.165, 1.54) is 6.07 Å². The van der Waals surface area contributed by atoms with Gasteiger partial charge in [-0.15, -0.1) is 0 Å². The molecule has 0 radical (unpaired) electrons. The number of benzene rings is 1. The molecule has 7 nitrogen and oxygen atoms in total. The number of rotatable bonds is 6. The first-order chi connectivity index (χ1) is 13.0. The molecule has 146 valence electrons. The maximum absolute atomic E-state index is 12.9. The summed E-state index contributed by atoms with van der Waals surface area (Å²) in [5, 5.41) is 0. The van der Waals surface area contributed by atoms with E-state index in [0.29, 0.717) is 31.3 Å².